The summed E-state index contributed by atoms with van der Waals surface area (Å²) < 4.78 is 10.7. The number of carbonyl (C=O) groups is 2. The zero-order valence-electron chi connectivity index (χ0n) is 20.3. The monoisotopic (exact) mass is 523 g/mol. The van der Waals surface area contributed by atoms with E-state index in [-0.39, 0.29) is 0 Å². The highest BCUT2D eigenvalue weighted by Gasteiger charge is 2.20. The molecule has 1 amide bonds. The number of benzene rings is 4. The highest BCUT2D eigenvalue weighted by atomic mass is 35.5. The Morgan fingerprint density at radius 2 is 1.63 bits per heavy atom. The van der Waals surface area contributed by atoms with Gasteiger partial charge in [0, 0.05) is 16.5 Å². The zero-order chi connectivity index (χ0) is 26.5. The number of aromatic nitrogens is 1. The van der Waals surface area contributed by atoms with Gasteiger partial charge < -0.3 is 14.5 Å². The van der Waals surface area contributed by atoms with Crippen LogP contribution >= 0.6 is 11.6 Å². The Hall–Kier alpha value is -4.88. The highest BCUT2D eigenvalue weighted by Crippen LogP contribution is 2.35. The van der Waals surface area contributed by atoms with Gasteiger partial charge in [0.05, 0.1) is 29.4 Å². The van der Waals surface area contributed by atoms with Crippen LogP contribution < -0.4 is 14.9 Å². The maximum atomic E-state index is 13.2. The lowest BCUT2D eigenvalue weighted by molar-refractivity contribution is 0.0734. The standard InChI is InChI=1S/C30H22ClN3O4/c1-37-22-16-14-20(15-17-22)30(36)38-25-13-6-5-10-21(25)18-32-34-29(35)28-26(19-8-3-2-4-9-19)23-11-7-12-24(31)27(23)33-28/h2-18,33H,1H3,(H,34,35). The molecule has 0 unspecified atom stereocenters. The van der Waals surface area contributed by atoms with Crippen LogP contribution in [0.1, 0.15) is 26.4 Å². The summed E-state index contributed by atoms with van der Waals surface area (Å²) in [5, 5.41) is 5.46. The van der Waals surface area contributed by atoms with Gasteiger partial charge in [-0.05, 0) is 48.0 Å². The van der Waals surface area contributed by atoms with Gasteiger partial charge in [0.25, 0.3) is 5.91 Å². The number of fused-ring (bicyclic) bond motifs is 1. The Morgan fingerprint density at radius 1 is 0.895 bits per heavy atom. The number of H-pyrrole nitrogens is 1. The number of halogens is 1. The van der Waals surface area contributed by atoms with Crippen LogP contribution in [0.4, 0.5) is 0 Å². The van der Waals surface area contributed by atoms with Crippen LogP contribution in [0.3, 0.4) is 0 Å². The molecule has 4 aromatic carbocycles. The molecule has 2 N–H and O–H groups in total. The van der Waals surface area contributed by atoms with Crippen molar-refractivity contribution in [1.82, 2.24) is 10.4 Å². The van der Waals surface area contributed by atoms with Crippen molar-refractivity contribution in [3.63, 3.8) is 0 Å². The summed E-state index contributed by atoms with van der Waals surface area (Å²) in [6, 6.07) is 28.6. The molecule has 7 nitrogen and oxygen atoms in total. The summed E-state index contributed by atoms with van der Waals surface area (Å²) in [4.78, 5) is 29.0. The lowest BCUT2D eigenvalue weighted by Crippen LogP contribution is -2.19. The SMILES string of the molecule is COc1ccc(C(=O)Oc2ccccc2C=NNC(=O)c2[nH]c3c(Cl)cccc3c2-c2ccccc2)cc1. The zero-order valence-corrected chi connectivity index (χ0v) is 21.0. The molecule has 0 saturated carbocycles. The number of amides is 1. The van der Waals surface area contributed by atoms with E-state index in [9.17, 15) is 9.59 Å². The Kier molecular flexibility index (Phi) is 7.19. The molecule has 0 spiro atoms. The fourth-order valence-electron chi connectivity index (χ4n) is 4.04. The summed E-state index contributed by atoms with van der Waals surface area (Å²) in [7, 11) is 1.55. The molecule has 188 valence electrons. The molecule has 8 heteroatoms. The Labute approximate surface area is 223 Å². The van der Waals surface area contributed by atoms with Crippen molar-refractivity contribution in [3.8, 4) is 22.6 Å². The van der Waals surface area contributed by atoms with E-state index in [1.165, 1.54) is 6.21 Å². The molecular weight excluding hydrogens is 502 g/mol. The number of carbonyl (C=O) groups excluding carboxylic acids is 2. The maximum absolute atomic E-state index is 13.2. The summed E-state index contributed by atoms with van der Waals surface area (Å²) in [5.74, 6) is -0.0359. The Bertz CT molecular complexity index is 1640. The largest absolute Gasteiger partial charge is 0.497 e. The quantitative estimate of drug-likeness (QED) is 0.110. The summed E-state index contributed by atoms with van der Waals surface area (Å²) in [6.07, 6.45) is 1.42. The van der Waals surface area contributed by atoms with Gasteiger partial charge in [-0.3, -0.25) is 4.79 Å². The van der Waals surface area contributed by atoms with Crippen molar-refractivity contribution in [2.45, 2.75) is 0 Å². The number of nitrogens with zero attached hydrogens (tertiary/aromatic N) is 1. The van der Waals surface area contributed by atoms with Crippen molar-refractivity contribution in [1.29, 1.82) is 0 Å². The minimum Gasteiger partial charge on any atom is -0.497 e. The lowest BCUT2D eigenvalue weighted by Gasteiger charge is -2.08. The summed E-state index contributed by atoms with van der Waals surface area (Å²) >= 11 is 6.40. The van der Waals surface area contributed by atoms with E-state index in [1.807, 2.05) is 42.5 Å². The molecule has 1 aromatic heterocycles. The normalized spacial score (nSPS) is 11.0. The topological polar surface area (TPSA) is 92.8 Å². The number of rotatable bonds is 7. The molecule has 0 saturated heterocycles. The molecule has 38 heavy (non-hydrogen) atoms. The van der Waals surface area contributed by atoms with Gasteiger partial charge in [-0.15, -0.1) is 0 Å². The summed E-state index contributed by atoms with van der Waals surface area (Å²) in [5.41, 5.74) is 6.04. The fourth-order valence-corrected chi connectivity index (χ4v) is 4.26. The Balaban J connectivity index is 1.37. The molecule has 0 radical (unpaired) electrons. The van der Waals surface area contributed by atoms with Crippen LogP contribution in [0.15, 0.2) is 102 Å². The van der Waals surface area contributed by atoms with Crippen LogP contribution in [0.2, 0.25) is 5.02 Å². The molecular formula is C30H22ClN3O4. The predicted molar refractivity (Wildman–Crippen MR) is 148 cm³/mol. The van der Waals surface area contributed by atoms with Crippen molar-refractivity contribution < 1.29 is 19.1 Å². The predicted octanol–water partition coefficient (Wildman–Crippen LogP) is 6.48. The van der Waals surface area contributed by atoms with Crippen LogP contribution in [-0.4, -0.2) is 30.2 Å². The maximum Gasteiger partial charge on any atom is 0.343 e. The van der Waals surface area contributed by atoms with E-state index in [0.717, 1.165) is 16.5 Å². The Morgan fingerprint density at radius 3 is 2.39 bits per heavy atom. The van der Waals surface area contributed by atoms with Gasteiger partial charge in [0.1, 0.15) is 17.2 Å². The van der Waals surface area contributed by atoms with Gasteiger partial charge in [0.2, 0.25) is 0 Å². The molecule has 0 aliphatic rings. The number of hydrogen-bond donors (Lipinski definition) is 2. The van der Waals surface area contributed by atoms with Crippen LogP contribution in [0.25, 0.3) is 22.0 Å². The number of para-hydroxylation sites is 2. The summed E-state index contributed by atoms with van der Waals surface area (Å²) in [6.45, 7) is 0. The van der Waals surface area contributed by atoms with Crippen molar-refractivity contribution >= 4 is 40.6 Å². The molecule has 0 atom stereocenters. The minimum absolute atomic E-state index is 0.300. The van der Waals surface area contributed by atoms with Crippen LogP contribution in [0.5, 0.6) is 11.5 Å². The minimum atomic E-state index is -0.528. The van der Waals surface area contributed by atoms with Crippen molar-refractivity contribution in [2.75, 3.05) is 7.11 Å². The highest BCUT2D eigenvalue weighted by molar-refractivity contribution is 6.36. The smallest absolute Gasteiger partial charge is 0.343 e. The van der Waals surface area contributed by atoms with E-state index < -0.39 is 11.9 Å². The van der Waals surface area contributed by atoms with E-state index in [1.54, 1.807) is 61.7 Å². The number of ether oxygens (including phenoxy) is 2. The average molecular weight is 524 g/mol. The number of methoxy groups -OCH3 is 1. The first kappa shape index (κ1) is 24.8. The van der Waals surface area contributed by atoms with Crippen molar-refractivity contribution in [2.24, 2.45) is 5.10 Å². The second-order valence-corrected chi connectivity index (χ2v) is 8.67. The molecule has 0 fully saturated rings. The fraction of sp³-hybridized carbons (Fsp3) is 0.0333. The van der Waals surface area contributed by atoms with Gasteiger partial charge in [-0.1, -0.05) is 66.2 Å². The second-order valence-electron chi connectivity index (χ2n) is 8.26. The third-order valence-electron chi connectivity index (χ3n) is 5.89. The first-order chi connectivity index (χ1) is 18.5. The number of esters is 1. The van der Waals surface area contributed by atoms with Crippen LogP contribution in [0, 0.1) is 0 Å². The van der Waals surface area contributed by atoms with Crippen LogP contribution in [-0.2, 0) is 0 Å². The van der Waals surface area contributed by atoms with E-state index in [0.29, 0.717) is 38.9 Å². The molecule has 0 aliphatic heterocycles. The number of hydrazone groups is 1. The first-order valence-corrected chi connectivity index (χ1v) is 12.1. The van der Waals surface area contributed by atoms with Crippen molar-refractivity contribution in [3.05, 3.63) is 119 Å². The first-order valence-electron chi connectivity index (χ1n) is 11.7. The van der Waals surface area contributed by atoms with Gasteiger partial charge in [0.15, 0.2) is 0 Å². The average Bonchev–Trinajstić information content (AvgIpc) is 3.35. The lowest BCUT2D eigenvalue weighted by atomic mass is 10.0. The van der Waals surface area contributed by atoms with E-state index >= 15 is 0 Å². The van der Waals surface area contributed by atoms with Gasteiger partial charge >= 0.3 is 5.97 Å². The second kappa shape index (κ2) is 11.0. The van der Waals surface area contributed by atoms with E-state index in [2.05, 4.69) is 15.5 Å². The van der Waals surface area contributed by atoms with E-state index in [4.69, 9.17) is 21.1 Å². The molecule has 0 bridgehead atoms. The third kappa shape index (κ3) is 5.14. The number of aromatic amines is 1. The third-order valence-corrected chi connectivity index (χ3v) is 6.20. The molecule has 0 aliphatic carbocycles. The van der Waals surface area contributed by atoms with Gasteiger partial charge in [-0.2, -0.15) is 5.10 Å². The molecule has 1 heterocycles. The number of hydrogen-bond acceptors (Lipinski definition) is 5. The van der Waals surface area contributed by atoms with Gasteiger partial charge in [-0.25, -0.2) is 10.2 Å². The molecule has 5 rings (SSSR count). The molecule has 5 aromatic rings. The number of nitrogens with one attached hydrogen (secondary N) is 2.